The number of carbonyl (C=O) groups excluding carboxylic acids is 2. The van der Waals surface area contributed by atoms with Gasteiger partial charge < -0.3 is 10.1 Å². The highest BCUT2D eigenvalue weighted by molar-refractivity contribution is 7.89. The molecule has 7 nitrogen and oxygen atoms in total. The third-order valence-corrected chi connectivity index (χ3v) is 5.68. The minimum atomic E-state index is -3.74. The van der Waals surface area contributed by atoms with Gasteiger partial charge in [0.25, 0.3) is 5.91 Å². The summed E-state index contributed by atoms with van der Waals surface area (Å²) in [4.78, 5) is 23.7. The zero-order valence-electron chi connectivity index (χ0n) is 16.1. The number of benzene rings is 2. The summed E-state index contributed by atoms with van der Waals surface area (Å²) in [5.41, 5.74) is 2.86. The highest BCUT2D eigenvalue weighted by Crippen LogP contribution is 2.21. The number of rotatable bonds is 8. The van der Waals surface area contributed by atoms with Crippen LogP contribution in [0.2, 0.25) is 0 Å². The van der Waals surface area contributed by atoms with Crippen molar-refractivity contribution in [2.24, 2.45) is 0 Å². The van der Waals surface area contributed by atoms with E-state index in [1.54, 1.807) is 50.2 Å². The molecule has 0 heterocycles. The van der Waals surface area contributed by atoms with Crippen molar-refractivity contribution in [3.63, 3.8) is 0 Å². The second-order valence-electron chi connectivity index (χ2n) is 6.45. The zero-order valence-corrected chi connectivity index (χ0v) is 16.9. The van der Waals surface area contributed by atoms with Gasteiger partial charge in [-0.3, -0.25) is 9.59 Å². The fourth-order valence-corrected chi connectivity index (χ4v) is 4.37. The van der Waals surface area contributed by atoms with Gasteiger partial charge in [-0.15, -0.1) is 0 Å². The molecule has 0 fully saturated rings. The van der Waals surface area contributed by atoms with Gasteiger partial charge in [-0.05, 0) is 44.0 Å². The van der Waals surface area contributed by atoms with Crippen LogP contribution in [0, 0.1) is 20.8 Å². The number of ether oxygens (including phenoxy) is 1. The Balaban J connectivity index is 1.81. The van der Waals surface area contributed by atoms with Gasteiger partial charge in [0.1, 0.15) is 0 Å². The van der Waals surface area contributed by atoms with Crippen molar-refractivity contribution in [1.29, 1.82) is 0 Å². The van der Waals surface area contributed by atoms with Crippen LogP contribution in [0.1, 0.15) is 23.1 Å². The van der Waals surface area contributed by atoms with Crippen LogP contribution in [0.15, 0.2) is 47.4 Å². The molecule has 2 aromatic carbocycles. The van der Waals surface area contributed by atoms with E-state index in [0.29, 0.717) is 16.8 Å². The van der Waals surface area contributed by atoms with E-state index in [-0.39, 0.29) is 17.9 Å². The van der Waals surface area contributed by atoms with Crippen LogP contribution in [0.5, 0.6) is 0 Å². The molecule has 0 radical (unpaired) electrons. The van der Waals surface area contributed by atoms with Gasteiger partial charge in [-0.1, -0.05) is 35.9 Å². The number of hydrogen-bond acceptors (Lipinski definition) is 5. The molecule has 0 aliphatic carbocycles. The standard InChI is InChI=1S/C20H24N2O5S/c1-14-11-15(2)20(16(3)12-14)28(25,26)21-10-9-19(24)27-13-18(23)22-17-7-5-4-6-8-17/h4-8,11-12,21H,9-10,13H2,1-3H3,(H,22,23). The number of hydrogen-bond donors (Lipinski definition) is 2. The number of sulfonamides is 1. The van der Waals surface area contributed by atoms with Crippen LogP contribution in [0.3, 0.4) is 0 Å². The first-order valence-corrected chi connectivity index (χ1v) is 10.3. The summed E-state index contributed by atoms with van der Waals surface area (Å²) < 4.78 is 32.3. The fourth-order valence-electron chi connectivity index (χ4n) is 2.89. The van der Waals surface area contributed by atoms with Crippen molar-refractivity contribution in [1.82, 2.24) is 4.72 Å². The average molecular weight is 404 g/mol. The summed E-state index contributed by atoms with van der Waals surface area (Å²) in [6.07, 6.45) is -0.179. The third-order valence-electron chi connectivity index (χ3n) is 3.92. The summed E-state index contributed by atoms with van der Waals surface area (Å²) in [5.74, 6) is -1.13. The van der Waals surface area contributed by atoms with Gasteiger partial charge in [0.05, 0.1) is 11.3 Å². The Morgan fingerprint density at radius 3 is 2.21 bits per heavy atom. The lowest BCUT2D eigenvalue weighted by Crippen LogP contribution is -2.29. The predicted molar refractivity (Wildman–Crippen MR) is 106 cm³/mol. The van der Waals surface area contributed by atoms with Crippen LogP contribution in [0.4, 0.5) is 5.69 Å². The van der Waals surface area contributed by atoms with E-state index >= 15 is 0 Å². The monoisotopic (exact) mass is 404 g/mol. The van der Waals surface area contributed by atoms with Gasteiger partial charge in [-0.2, -0.15) is 0 Å². The van der Waals surface area contributed by atoms with E-state index in [1.807, 2.05) is 13.0 Å². The first-order chi connectivity index (χ1) is 13.2. The maximum absolute atomic E-state index is 12.5. The summed E-state index contributed by atoms with van der Waals surface area (Å²) in [6, 6.07) is 12.4. The molecule has 0 atom stereocenters. The van der Waals surface area contributed by atoms with Gasteiger partial charge in [0.2, 0.25) is 10.0 Å². The molecule has 28 heavy (non-hydrogen) atoms. The number of esters is 1. The third kappa shape index (κ3) is 6.17. The smallest absolute Gasteiger partial charge is 0.307 e. The van der Waals surface area contributed by atoms with Gasteiger partial charge in [0, 0.05) is 12.2 Å². The number of anilines is 1. The lowest BCUT2D eigenvalue weighted by Gasteiger charge is -2.13. The van der Waals surface area contributed by atoms with E-state index < -0.39 is 28.5 Å². The van der Waals surface area contributed by atoms with Crippen LogP contribution in [-0.4, -0.2) is 33.4 Å². The Morgan fingerprint density at radius 2 is 1.61 bits per heavy atom. The number of amides is 1. The van der Waals surface area contributed by atoms with Crippen molar-refractivity contribution >= 4 is 27.6 Å². The highest BCUT2D eigenvalue weighted by atomic mass is 32.2. The normalized spacial score (nSPS) is 11.1. The quantitative estimate of drug-likeness (QED) is 0.658. The van der Waals surface area contributed by atoms with Gasteiger partial charge >= 0.3 is 5.97 Å². The number of para-hydroxylation sites is 1. The van der Waals surface area contributed by atoms with Crippen LogP contribution in [-0.2, 0) is 24.3 Å². The van der Waals surface area contributed by atoms with Crippen molar-refractivity contribution in [3.8, 4) is 0 Å². The Bertz CT molecular complexity index is 933. The molecular formula is C20H24N2O5S. The van der Waals surface area contributed by atoms with Crippen molar-refractivity contribution in [2.75, 3.05) is 18.5 Å². The lowest BCUT2D eigenvalue weighted by atomic mass is 10.1. The molecule has 2 aromatic rings. The van der Waals surface area contributed by atoms with Crippen molar-refractivity contribution in [3.05, 3.63) is 59.2 Å². The maximum Gasteiger partial charge on any atom is 0.307 e. The number of aryl methyl sites for hydroxylation is 3. The second-order valence-corrected chi connectivity index (χ2v) is 8.15. The molecule has 2 rings (SSSR count). The zero-order chi connectivity index (χ0) is 20.7. The first kappa shape index (κ1) is 21.6. The van der Waals surface area contributed by atoms with E-state index in [9.17, 15) is 18.0 Å². The number of nitrogens with one attached hydrogen (secondary N) is 2. The topological polar surface area (TPSA) is 102 Å². The summed E-state index contributed by atoms with van der Waals surface area (Å²) in [5, 5.41) is 2.59. The molecule has 0 saturated carbocycles. The van der Waals surface area contributed by atoms with E-state index in [4.69, 9.17) is 4.74 Å². The largest absolute Gasteiger partial charge is 0.456 e. The minimum Gasteiger partial charge on any atom is -0.456 e. The highest BCUT2D eigenvalue weighted by Gasteiger charge is 2.20. The Labute approximate surface area is 165 Å². The molecule has 1 amide bonds. The SMILES string of the molecule is Cc1cc(C)c(S(=O)(=O)NCCC(=O)OCC(=O)Nc2ccccc2)c(C)c1. The van der Waals surface area contributed by atoms with Gasteiger partial charge in [0.15, 0.2) is 6.61 Å². The van der Waals surface area contributed by atoms with Crippen LogP contribution < -0.4 is 10.0 Å². The summed E-state index contributed by atoms with van der Waals surface area (Å²) >= 11 is 0. The summed E-state index contributed by atoms with van der Waals surface area (Å²) in [6.45, 7) is 4.81. The molecule has 0 unspecified atom stereocenters. The number of carbonyl (C=O) groups is 2. The van der Waals surface area contributed by atoms with E-state index in [2.05, 4.69) is 10.0 Å². The fraction of sp³-hybridized carbons (Fsp3) is 0.300. The molecule has 0 aliphatic rings. The van der Waals surface area contributed by atoms with Crippen molar-refractivity contribution in [2.45, 2.75) is 32.1 Å². The van der Waals surface area contributed by atoms with E-state index in [0.717, 1.165) is 5.56 Å². The Morgan fingerprint density at radius 1 is 1.00 bits per heavy atom. The van der Waals surface area contributed by atoms with E-state index in [1.165, 1.54) is 0 Å². The molecule has 0 saturated heterocycles. The second kappa shape index (κ2) is 9.48. The van der Waals surface area contributed by atoms with Crippen molar-refractivity contribution < 1.29 is 22.7 Å². The molecule has 2 N–H and O–H groups in total. The molecule has 150 valence electrons. The Kier molecular flexibility index (Phi) is 7.31. The molecular weight excluding hydrogens is 380 g/mol. The first-order valence-electron chi connectivity index (χ1n) is 8.77. The minimum absolute atomic E-state index is 0.117. The van der Waals surface area contributed by atoms with Crippen LogP contribution in [0.25, 0.3) is 0 Å². The predicted octanol–water partition coefficient (Wildman–Crippen LogP) is 2.46. The van der Waals surface area contributed by atoms with Crippen LogP contribution >= 0.6 is 0 Å². The molecule has 0 aromatic heterocycles. The molecule has 0 spiro atoms. The molecule has 0 aliphatic heterocycles. The summed E-state index contributed by atoms with van der Waals surface area (Å²) in [7, 11) is -3.74. The average Bonchev–Trinajstić information content (AvgIpc) is 2.59. The lowest BCUT2D eigenvalue weighted by molar-refractivity contribution is -0.147. The molecule has 0 bridgehead atoms. The molecule has 8 heteroatoms. The maximum atomic E-state index is 12.5. The Hall–Kier alpha value is -2.71. The van der Waals surface area contributed by atoms with Gasteiger partial charge in [-0.25, -0.2) is 13.1 Å².